The number of rotatable bonds is 5. The summed E-state index contributed by atoms with van der Waals surface area (Å²) >= 11 is 7.51. The molecule has 0 aliphatic carbocycles. The molecule has 2 heterocycles. The van der Waals surface area contributed by atoms with Gasteiger partial charge in [-0.25, -0.2) is 0 Å². The molecule has 1 aromatic heterocycles. The number of fused-ring (bicyclic) bond motifs is 1. The van der Waals surface area contributed by atoms with Crippen LogP contribution in [0.1, 0.15) is 36.0 Å². The van der Waals surface area contributed by atoms with E-state index < -0.39 is 0 Å². The van der Waals surface area contributed by atoms with Gasteiger partial charge in [-0.3, -0.25) is 4.79 Å². The number of carbonyl (C=O) groups is 1. The first kappa shape index (κ1) is 20.8. The highest BCUT2D eigenvalue weighted by molar-refractivity contribution is 7.17. The second kappa shape index (κ2) is 7.97. The number of thiophene rings is 1. The van der Waals surface area contributed by atoms with E-state index in [0.29, 0.717) is 29.7 Å². The summed E-state index contributed by atoms with van der Waals surface area (Å²) in [5.41, 5.74) is 2.96. The monoisotopic (exact) mass is 441 g/mol. The van der Waals surface area contributed by atoms with Crippen LogP contribution >= 0.6 is 22.9 Å². The lowest BCUT2D eigenvalue weighted by atomic mass is 9.99. The topological polar surface area (TPSA) is 38.8 Å². The maximum atomic E-state index is 13.1. The van der Waals surface area contributed by atoms with Gasteiger partial charge in [0.25, 0.3) is 5.91 Å². The maximum absolute atomic E-state index is 13.1. The van der Waals surface area contributed by atoms with Crippen LogP contribution in [-0.2, 0) is 6.54 Å². The molecule has 0 radical (unpaired) electrons. The van der Waals surface area contributed by atoms with Crippen LogP contribution in [0.4, 0.5) is 5.69 Å². The normalized spacial score (nSPS) is 13.5. The molecular formula is C24H24ClNO3S. The van der Waals surface area contributed by atoms with Crippen LogP contribution in [0.25, 0.3) is 10.4 Å². The summed E-state index contributed by atoms with van der Waals surface area (Å²) in [6.07, 6.45) is 0. The van der Waals surface area contributed by atoms with Gasteiger partial charge in [0.2, 0.25) is 0 Å². The van der Waals surface area contributed by atoms with E-state index in [4.69, 9.17) is 21.1 Å². The van der Waals surface area contributed by atoms with Crippen LogP contribution in [0.3, 0.4) is 0 Å². The molecule has 0 N–H and O–H groups in total. The third kappa shape index (κ3) is 4.18. The minimum atomic E-state index is 0.0145. The lowest BCUT2D eigenvalue weighted by molar-refractivity contribution is 0.1000. The number of hydrogen-bond donors (Lipinski definition) is 0. The smallest absolute Gasteiger partial charge is 0.269 e. The molecule has 0 spiro atoms. The van der Waals surface area contributed by atoms with Gasteiger partial charge >= 0.3 is 0 Å². The zero-order valence-electron chi connectivity index (χ0n) is 17.5. The van der Waals surface area contributed by atoms with Crippen molar-refractivity contribution < 1.29 is 14.3 Å². The molecule has 1 amide bonds. The minimum Gasteiger partial charge on any atom is -0.493 e. The van der Waals surface area contributed by atoms with E-state index in [1.165, 1.54) is 11.3 Å². The van der Waals surface area contributed by atoms with Crippen LogP contribution in [0.15, 0.2) is 48.5 Å². The molecular weight excluding hydrogens is 418 g/mol. The second-order valence-corrected chi connectivity index (χ2v) is 10.0. The summed E-state index contributed by atoms with van der Waals surface area (Å²) in [6, 6.07) is 15.4. The van der Waals surface area contributed by atoms with Gasteiger partial charge in [0, 0.05) is 21.7 Å². The molecule has 4 rings (SSSR count). The van der Waals surface area contributed by atoms with Crippen LogP contribution in [0.2, 0.25) is 5.02 Å². The van der Waals surface area contributed by atoms with Crippen molar-refractivity contribution in [1.82, 2.24) is 0 Å². The lowest BCUT2D eigenvalue weighted by Crippen LogP contribution is -2.23. The molecule has 1 aliphatic rings. The van der Waals surface area contributed by atoms with Crippen molar-refractivity contribution in [2.24, 2.45) is 5.41 Å². The zero-order chi connectivity index (χ0) is 21.5. The van der Waals surface area contributed by atoms with Gasteiger partial charge in [0.15, 0.2) is 11.5 Å². The van der Waals surface area contributed by atoms with Crippen LogP contribution in [0.5, 0.6) is 11.5 Å². The van der Waals surface area contributed by atoms with Gasteiger partial charge < -0.3 is 14.4 Å². The Morgan fingerprint density at radius 2 is 1.80 bits per heavy atom. The van der Waals surface area contributed by atoms with Crippen LogP contribution in [-0.4, -0.2) is 19.6 Å². The standard InChI is InChI=1S/C24H24ClNO3S/c1-24(2,3)14-29-19-10-9-18(12-20(19)28-4)26-13-16-11-21(30-22(16)23(26)27)15-5-7-17(25)8-6-15/h5-12H,13-14H2,1-4H3. The van der Waals surface area contributed by atoms with Crippen LogP contribution in [0, 0.1) is 5.41 Å². The molecule has 4 nitrogen and oxygen atoms in total. The molecule has 0 bridgehead atoms. The Balaban J connectivity index is 1.55. The van der Waals surface area contributed by atoms with E-state index in [0.717, 1.165) is 26.6 Å². The fourth-order valence-electron chi connectivity index (χ4n) is 3.29. The van der Waals surface area contributed by atoms with E-state index in [-0.39, 0.29) is 11.3 Å². The highest BCUT2D eigenvalue weighted by Gasteiger charge is 2.32. The lowest BCUT2D eigenvalue weighted by Gasteiger charge is -2.22. The highest BCUT2D eigenvalue weighted by atomic mass is 35.5. The molecule has 6 heteroatoms. The molecule has 156 valence electrons. The zero-order valence-corrected chi connectivity index (χ0v) is 19.1. The van der Waals surface area contributed by atoms with E-state index in [9.17, 15) is 4.79 Å². The van der Waals surface area contributed by atoms with Gasteiger partial charge in [-0.15, -0.1) is 11.3 Å². The van der Waals surface area contributed by atoms with Gasteiger partial charge in [-0.1, -0.05) is 44.5 Å². The Labute approximate surface area is 186 Å². The second-order valence-electron chi connectivity index (χ2n) is 8.55. The van der Waals surface area contributed by atoms with Crippen molar-refractivity contribution in [1.29, 1.82) is 0 Å². The fourth-order valence-corrected chi connectivity index (χ4v) is 4.55. The molecule has 3 aromatic rings. The summed E-state index contributed by atoms with van der Waals surface area (Å²) < 4.78 is 11.4. The molecule has 2 aromatic carbocycles. The Morgan fingerprint density at radius 3 is 2.43 bits per heavy atom. The molecule has 0 saturated carbocycles. The molecule has 30 heavy (non-hydrogen) atoms. The van der Waals surface area contributed by atoms with E-state index in [1.54, 1.807) is 12.0 Å². The first-order valence-electron chi connectivity index (χ1n) is 9.76. The Kier molecular flexibility index (Phi) is 5.51. The number of nitrogens with zero attached hydrogens (tertiary/aromatic N) is 1. The van der Waals surface area contributed by atoms with Crippen molar-refractivity contribution in [3.8, 4) is 21.9 Å². The predicted octanol–water partition coefficient (Wildman–Crippen LogP) is 6.66. The number of ether oxygens (including phenoxy) is 2. The van der Waals surface area contributed by atoms with Crippen molar-refractivity contribution in [2.75, 3.05) is 18.6 Å². The van der Waals surface area contributed by atoms with Crippen molar-refractivity contribution in [2.45, 2.75) is 27.3 Å². The van der Waals surface area contributed by atoms with Crippen LogP contribution < -0.4 is 14.4 Å². The van der Waals surface area contributed by atoms with Gasteiger partial charge in [-0.05, 0) is 46.9 Å². The summed E-state index contributed by atoms with van der Waals surface area (Å²) in [7, 11) is 1.62. The number of amides is 1. The average Bonchev–Trinajstić information content (AvgIpc) is 3.26. The Hall–Kier alpha value is -2.50. The molecule has 0 atom stereocenters. The Morgan fingerprint density at radius 1 is 1.07 bits per heavy atom. The predicted molar refractivity (Wildman–Crippen MR) is 123 cm³/mol. The highest BCUT2D eigenvalue weighted by Crippen LogP contribution is 2.40. The number of hydrogen-bond acceptors (Lipinski definition) is 4. The summed E-state index contributed by atoms with van der Waals surface area (Å²) in [5, 5.41) is 0.703. The SMILES string of the molecule is COc1cc(N2Cc3cc(-c4ccc(Cl)cc4)sc3C2=O)ccc1OCC(C)(C)C. The van der Waals surface area contributed by atoms with E-state index >= 15 is 0 Å². The van der Waals surface area contributed by atoms with E-state index in [1.807, 2.05) is 42.5 Å². The maximum Gasteiger partial charge on any atom is 0.269 e. The van der Waals surface area contributed by atoms with Crippen molar-refractivity contribution in [3.05, 3.63) is 64.0 Å². The van der Waals surface area contributed by atoms with Gasteiger partial charge in [0.05, 0.1) is 25.1 Å². The number of anilines is 1. The minimum absolute atomic E-state index is 0.0145. The van der Waals surface area contributed by atoms with Crippen molar-refractivity contribution >= 4 is 34.5 Å². The third-order valence-corrected chi connectivity index (χ3v) is 6.29. The first-order chi connectivity index (χ1) is 14.2. The summed E-state index contributed by atoms with van der Waals surface area (Å²) in [6.45, 7) is 7.48. The molecule has 1 aliphatic heterocycles. The van der Waals surface area contributed by atoms with Gasteiger partial charge in [-0.2, -0.15) is 0 Å². The van der Waals surface area contributed by atoms with Gasteiger partial charge in [0.1, 0.15) is 0 Å². The quantitative estimate of drug-likeness (QED) is 0.444. The van der Waals surface area contributed by atoms with Crippen molar-refractivity contribution in [3.63, 3.8) is 0 Å². The summed E-state index contributed by atoms with van der Waals surface area (Å²) in [5.74, 6) is 1.32. The largest absolute Gasteiger partial charge is 0.493 e. The number of carbonyl (C=O) groups excluding carboxylic acids is 1. The fraction of sp³-hybridized carbons (Fsp3) is 0.292. The number of halogens is 1. The molecule has 0 unspecified atom stereocenters. The third-order valence-electron chi connectivity index (χ3n) is 4.83. The van der Waals surface area contributed by atoms with E-state index in [2.05, 4.69) is 26.8 Å². The number of benzene rings is 2. The molecule has 0 saturated heterocycles. The average molecular weight is 442 g/mol. The number of methoxy groups -OCH3 is 1. The molecule has 0 fully saturated rings. The summed E-state index contributed by atoms with van der Waals surface area (Å²) in [4.78, 5) is 16.7. The Bertz CT molecular complexity index is 1080. The first-order valence-corrected chi connectivity index (χ1v) is 11.0.